The van der Waals surface area contributed by atoms with Gasteiger partial charge in [0.2, 0.25) is 0 Å². The van der Waals surface area contributed by atoms with E-state index in [-0.39, 0.29) is 0 Å². The highest BCUT2D eigenvalue weighted by atomic mass is 14.9. The molecule has 0 saturated carbocycles. The van der Waals surface area contributed by atoms with Crippen molar-refractivity contribution in [2.24, 2.45) is 11.8 Å². The lowest BCUT2D eigenvalue weighted by atomic mass is 9.83. The first-order valence-corrected chi connectivity index (χ1v) is 5.80. The quantitative estimate of drug-likeness (QED) is 0.640. The van der Waals surface area contributed by atoms with Gasteiger partial charge in [-0.3, -0.25) is 0 Å². The van der Waals surface area contributed by atoms with Crippen LogP contribution in [0.25, 0.3) is 0 Å². The van der Waals surface area contributed by atoms with Crippen molar-refractivity contribution in [2.45, 2.75) is 38.6 Å². The molecule has 2 N–H and O–H groups in total. The number of piperidine rings is 2. The highest BCUT2D eigenvalue weighted by molar-refractivity contribution is 4.84. The molecule has 0 aromatic rings. The molecule has 0 spiro atoms. The Hall–Kier alpha value is -0.0800. The molecule has 0 amide bonds. The van der Waals surface area contributed by atoms with Crippen LogP contribution >= 0.6 is 0 Å². The van der Waals surface area contributed by atoms with Crippen LogP contribution < -0.4 is 10.6 Å². The summed E-state index contributed by atoms with van der Waals surface area (Å²) in [6.45, 7) is 6.07. The molecular formula is C11H22N2. The number of rotatable bonds is 1. The Labute approximate surface area is 81.5 Å². The van der Waals surface area contributed by atoms with Gasteiger partial charge in [-0.1, -0.05) is 6.92 Å². The van der Waals surface area contributed by atoms with Crippen LogP contribution in [0.3, 0.4) is 0 Å². The summed E-state index contributed by atoms with van der Waals surface area (Å²) < 4.78 is 0. The van der Waals surface area contributed by atoms with Crippen molar-refractivity contribution in [1.82, 2.24) is 10.6 Å². The first-order valence-electron chi connectivity index (χ1n) is 5.80. The van der Waals surface area contributed by atoms with Gasteiger partial charge in [0, 0.05) is 6.04 Å². The molecule has 0 aromatic heterocycles. The van der Waals surface area contributed by atoms with E-state index in [1.54, 1.807) is 0 Å². The molecule has 2 nitrogen and oxygen atoms in total. The van der Waals surface area contributed by atoms with Crippen LogP contribution in [0.2, 0.25) is 0 Å². The van der Waals surface area contributed by atoms with E-state index in [1.807, 2.05) is 0 Å². The van der Waals surface area contributed by atoms with Gasteiger partial charge in [-0.25, -0.2) is 0 Å². The second kappa shape index (κ2) is 4.43. The van der Waals surface area contributed by atoms with Gasteiger partial charge in [0.25, 0.3) is 0 Å². The van der Waals surface area contributed by atoms with Gasteiger partial charge >= 0.3 is 0 Å². The Bertz CT molecular complexity index is 144. The van der Waals surface area contributed by atoms with Crippen molar-refractivity contribution in [3.63, 3.8) is 0 Å². The van der Waals surface area contributed by atoms with E-state index in [4.69, 9.17) is 0 Å². The Kier molecular flexibility index (Phi) is 3.23. The third kappa shape index (κ3) is 2.44. The molecular weight excluding hydrogens is 160 g/mol. The van der Waals surface area contributed by atoms with Gasteiger partial charge in [0.1, 0.15) is 0 Å². The Balaban J connectivity index is 1.79. The Morgan fingerprint density at radius 1 is 1.00 bits per heavy atom. The van der Waals surface area contributed by atoms with E-state index in [0.717, 1.165) is 17.9 Å². The summed E-state index contributed by atoms with van der Waals surface area (Å²) in [6, 6.07) is 0.832. The van der Waals surface area contributed by atoms with Gasteiger partial charge in [-0.15, -0.1) is 0 Å². The average Bonchev–Trinajstić information content (AvgIpc) is 2.20. The highest BCUT2D eigenvalue weighted by Gasteiger charge is 2.26. The third-order valence-corrected chi connectivity index (χ3v) is 3.65. The molecule has 0 aromatic carbocycles. The topological polar surface area (TPSA) is 24.1 Å². The molecule has 2 unspecified atom stereocenters. The Morgan fingerprint density at radius 3 is 2.38 bits per heavy atom. The molecule has 0 radical (unpaired) electrons. The summed E-state index contributed by atoms with van der Waals surface area (Å²) in [4.78, 5) is 0. The van der Waals surface area contributed by atoms with E-state index in [9.17, 15) is 0 Å². The number of hydrogen-bond donors (Lipinski definition) is 2. The Morgan fingerprint density at radius 2 is 1.77 bits per heavy atom. The van der Waals surface area contributed by atoms with Crippen molar-refractivity contribution in [2.75, 3.05) is 19.6 Å². The standard InChI is InChI=1S/C11H22N2/c1-9-2-3-11(13-8-9)10-4-6-12-7-5-10/h9-13H,2-8H2,1H3. The zero-order chi connectivity index (χ0) is 9.10. The maximum Gasteiger partial charge on any atom is 0.00964 e. The predicted molar refractivity (Wildman–Crippen MR) is 55.8 cm³/mol. The summed E-state index contributed by atoms with van der Waals surface area (Å²) in [5.41, 5.74) is 0. The summed E-state index contributed by atoms with van der Waals surface area (Å²) in [5, 5.41) is 7.15. The fraction of sp³-hybridized carbons (Fsp3) is 1.00. The van der Waals surface area contributed by atoms with Crippen molar-refractivity contribution >= 4 is 0 Å². The van der Waals surface area contributed by atoms with Crippen LogP contribution in [0.1, 0.15) is 32.6 Å². The van der Waals surface area contributed by atoms with Crippen molar-refractivity contribution < 1.29 is 0 Å². The molecule has 2 aliphatic rings. The largest absolute Gasteiger partial charge is 0.317 e. The predicted octanol–water partition coefficient (Wildman–Crippen LogP) is 1.37. The smallest absolute Gasteiger partial charge is 0.00964 e. The monoisotopic (exact) mass is 182 g/mol. The maximum absolute atomic E-state index is 3.71. The molecule has 2 heterocycles. The summed E-state index contributed by atoms with van der Waals surface area (Å²) in [6.07, 6.45) is 5.60. The van der Waals surface area contributed by atoms with Crippen LogP contribution in [-0.2, 0) is 0 Å². The molecule has 76 valence electrons. The van der Waals surface area contributed by atoms with Crippen LogP contribution in [-0.4, -0.2) is 25.7 Å². The SMILES string of the molecule is CC1CCC(C2CCNCC2)NC1. The zero-order valence-electron chi connectivity index (χ0n) is 8.68. The van der Waals surface area contributed by atoms with Crippen LogP contribution in [0.5, 0.6) is 0 Å². The normalized spacial score (nSPS) is 37.6. The minimum atomic E-state index is 0.832. The highest BCUT2D eigenvalue weighted by Crippen LogP contribution is 2.24. The average molecular weight is 182 g/mol. The molecule has 0 aliphatic carbocycles. The molecule has 2 heteroatoms. The van der Waals surface area contributed by atoms with E-state index in [2.05, 4.69) is 17.6 Å². The van der Waals surface area contributed by atoms with Gasteiger partial charge in [0.05, 0.1) is 0 Å². The summed E-state index contributed by atoms with van der Waals surface area (Å²) >= 11 is 0. The van der Waals surface area contributed by atoms with Crippen molar-refractivity contribution in [1.29, 1.82) is 0 Å². The lowest BCUT2D eigenvalue weighted by Crippen LogP contribution is -2.46. The van der Waals surface area contributed by atoms with Gasteiger partial charge in [-0.05, 0) is 57.2 Å². The fourth-order valence-corrected chi connectivity index (χ4v) is 2.67. The summed E-state index contributed by atoms with van der Waals surface area (Å²) in [5.74, 6) is 1.85. The van der Waals surface area contributed by atoms with E-state index < -0.39 is 0 Å². The van der Waals surface area contributed by atoms with Gasteiger partial charge in [-0.2, -0.15) is 0 Å². The molecule has 2 saturated heterocycles. The molecule has 2 atom stereocenters. The molecule has 2 fully saturated rings. The van der Waals surface area contributed by atoms with E-state index >= 15 is 0 Å². The molecule has 2 rings (SSSR count). The van der Waals surface area contributed by atoms with E-state index in [0.29, 0.717) is 0 Å². The van der Waals surface area contributed by atoms with E-state index in [1.165, 1.54) is 45.3 Å². The molecule has 13 heavy (non-hydrogen) atoms. The first kappa shape index (κ1) is 9.47. The first-order chi connectivity index (χ1) is 6.36. The minimum Gasteiger partial charge on any atom is -0.317 e. The molecule has 2 aliphatic heterocycles. The van der Waals surface area contributed by atoms with Gasteiger partial charge < -0.3 is 10.6 Å². The third-order valence-electron chi connectivity index (χ3n) is 3.65. The van der Waals surface area contributed by atoms with Crippen LogP contribution in [0, 0.1) is 11.8 Å². The van der Waals surface area contributed by atoms with Crippen LogP contribution in [0.15, 0.2) is 0 Å². The summed E-state index contributed by atoms with van der Waals surface area (Å²) in [7, 11) is 0. The van der Waals surface area contributed by atoms with Crippen molar-refractivity contribution in [3.05, 3.63) is 0 Å². The lowest BCUT2D eigenvalue weighted by Gasteiger charge is -2.36. The lowest BCUT2D eigenvalue weighted by molar-refractivity contribution is 0.218. The zero-order valence-corrected chi connectivity index (χ0v) is 8.68. The second-order valence-electron chi connectivity index (χ2n) is 4.78. The van der Waals surface area contributed by atoms with Crippen LogP contribution in [0.4, 0.5) is 0 Å². The number of nitrogens with one attached hydrogen (secondary N) is 2. The molecule has 0 bridgehead atoms. The second-order valence-corrected chi connectivity index (χ2v) is 4.78. The maximum atomic E-state index is 3.71. The fourth-order valence-electron chi connectivity index (χ4n) is 2.67. The van der Waals surface area contributed by atoms with Gasteiger partial charge in [0.15, 0.2) is 0 Å². The number of hydrogen-bond acceptors (Lipinski definition) is 2. The minimum absolute atomic E-state index is 0.832. The van der Waals surface area contributed by atoms with Crippen molar-refractivity contribution in [3.8, 4) is 0 Å².